The van der Waals surface area contributed by atoms with Crippen molar-refractivity contribution in [3.05, 3.63) is 90.3 Å². The molecule has 0 aliphatic carbocycles. The van der Waals surface area contributed by atoms with Crippen molar-refractivity contribution in [1.82, 2.24) is 0 Å². The van der Waals surface area contributed by atoms with Crippen molar-refractivity contribution in [3.8, 4) is 28.4 Å². The van der Waals surface area contributed by atoms with Crippen LogP contribution in [0.4, 0.5) is 4.39 Å². The van der Waals surface area contributed by atoms with E-state index in [0.29, 0.717) is 11.3 Å². The molecule has 30 heavy (non-hydrogen) atoms. The van der Waals surface area contributed by atoms with Gasteiger partial charge in [0.1, 0.15) is 11.6 Å². The van der Waals surface area contributed by atoms with Gasteiger partial charge in [-0.1, -0.05) is 36.9 Å². The first kappa shape index (κ1) is 20.8. The minimum atomic E-state index is -0.689. The third-order valence-corrected chi connectivity index (χ3v) is 4.43. The predicted octanol–water partition coefficient (Wildman–Crippen LogP) is 5.10. The van der Waals surface area contributed by atoms with Crippen LogP contribution in [0.5, 0.6) is 17.2 Å². The first-order valence-corrected chi connectivity index (χ1v) is 8.99. The quantitative estimate of drug-likeness (QED) is 0.237. The summed E-state index contributed by atoms with van der Waals surface area (Å²) in [4.78, 5) is 25.2. The highest BCUT2D eigenvalue weighted by atomic mass is 19.1. The number of allylic oxidation sites excluding steroid dienone is 1. The Bertz CT molecular complexity index is 1110. The molecule has 0 aliphatic rings. The highest BCUT2D eigenvalue weighted by Crippen LogP contribution is 2.43. The number of methoxy groups -OCH3 is 2. The van der Waals surface area contributed by atoms with Crippen molar-refractivity contribution in [3.63, 3.8) is 0 Å². The Balaban J connectivity index is 2.22. The smallest absolute Gasteiger partial charge is 0.343 e. The van der Waals surface area contributed by atoms with E-state index in [9.17, 15) is 9.59 Å². The molecule has 0 heterocycles. The van der Waals surface area contributed by atoms with E-state index in [4.69, 9.17) is 14.2 Å². The Hall–Kier alpha value is -3.93. The number of para-hydroxylation sites is 1. The number of benzene rings is 3. The number of esters is 1. The van der Waals surface area contributed by atoms with E-state index in [1.54, 1.807) is 48.5 Å². The van der Waals surface area contributed by atoms with Crippen LogP contribution in [0.15, 0.2) is 73.3 Å². The monoisotopic (exact) mass is 406 g/mol. The van der Waals surface area contributed by atoms with Crippen LogP contribution in [-0.4, -0.2) is 26.0 Å². The van der Waals surface area contributed by atoms with Crippen LogP contribution < -0.4 is 14.2 Å². The molecule has 0 radical (unpaired) electrons. The second kappa shape index (κ2) is 9.05. The van der Waals surface area contributed by atoms with Gasteiger partial charge in [0.15, 0.2) is 17.3 Å². The normalized spacial score (nSPS) is 10.2. The lowest BCUT2D eigenvalue weighted by molar-refractivity contribution is 0.0733. The molecule has 0 saturated heterocycles. The van der Waals surface area contributed by atoms with Crippen LogP contribution in [0.2, 0.25) is 0 Å². The Morgan fingerprint density at radius 1 is 0.900 bits per heavy atom. The van der Waals surface area contributed by atoms with Crippen molar-refractivity contribution in [2.24, 2.45) is 0 Å². The zero-order chi connectivity index (χ0) is 21.7. The lowest BCUT2D eigenvalue weighted by atomic mass is 9.94. The largest absolute Gasteiger partial charge is 0.493 e. The van der Waals surface area contributed by atoms with E-state index in [1.807, 2.05) is 0 Å². The number of carbonyl (C=O) groups is 2. The van der Waals surface area contributed by atoms with E-state index >= 15 is 4.39 Å². The molecule has 3 aromatic rings. The van der Waals surface area contributed by atoms with Gasteiger partial charge < -0.3 is 14.2 Å². The summed E-state index contributed by atoms with van der Waals surface area (Å²) in [7, 11) is 2.86. The average Bonchev–Trinajstić information content (AvgIpc) is 2.79. The number of halogens is 1. The lowest BCUT2D eigenvalue weighted by Gasteiger charge is -2.17. The zero-order valence-electron chi connectivity index (χ0n) is 16.5. The molecule has 0 aromatic heterocycles. The molecule has 0 N–H and O–H groups in total. The third-order valence-electron chi connectivity index (χ3n) is 4.43. The highest BCUT2D eigenvalue weighted by molar-refractivity contribution is 6.12. The molecule has 152 valence electrons. The van der Waals surface area contributed by atoms with Gasteiger partial charge in [-0.15, -0.1) is 0 Å². The van der Waals surface area contributed by atoms with Crippen LogP contribution in [0.3, 0.4) is 0 Å². The number of rotatable bonds is 7. The van der Waals surface area contributed by atoms with Crippen molar-refractivity contribution >= 4 is 11.8 Å². The minimum Gasteiger partial charge on any atom is -0.493 e. The van der Waals surface area contributed by atoms with Gasteiger partial charge in [-0.2, -0.15) is 0 Å². The second-order valence-corrected chi connectivity index (χ2v) is 6.16. The fourth-order valence-corrected chi connectivity index (χ4v) is 3.07. The van der Waals surface area contributed by atoms with Gasteiger partial charge in [-0.3, -0.25) is 4.79 Å². The summed E-state index contributed by atoms with van der Waals surface area (Å²) in [5.41, 5.74) is 0.353. The Morgan fingerprint density at radius 2 is 1.63 bits per heavy atom. The standard InChI is InChI=1S/C24H19FO5/c1-4-18(26)22-19(30-24(27)15-9-6-5-7-10-15)14-13-17(25)21(22)16-11-8-12-20(28-2)23(16)29-3/h4-14H,1H2,2-3H3. The van der Waals surface area contributed by atoms with E-state index in [0.717, 1.165) is 12.1 Å². The highest BCUT2D eigenvalue weighted by Gasteiger charge is 2.26. The SMILES string of the molecule is C=CC(=O)c1c(OC(=O)c2ccccc2)ccc(F)c1-c1cccc(OC)c1OC. The molecule has 0 aliphatic heterocycles. The number of hydrogen-bond donors (Lipinski definition) is 0. The number of carbonyl (C=O) groups excluding carboxylic acids is 2. The van der Waals surface area contributed by atoms with Crippen molar-refractivity contribution in [1.29, 1.82) is 0 Å². The molecule has 0 atom stereocenters. The zero-order valence-corrected chi connectivity index (χ0v) is 16.5. The van der Waals surface area contributed by atoms with Crippen molar-refractivity contribution in [2.75, 3.05) is 14.2 Å². The van der Waals surface area contributed by atoms with Gasteiger partial charge in [0.05, 0.1) is 25.3 Å². The van der Waals surface area contributed by atoms with Gasteiger partial charge in [0.2, 0.25) is 0 Å². The lowest BCUT2D eigenvalue weighted by Crippen LogP contribution is -2.12. The first-order valence-electron chi connectivity index (χ1n) is 8.99. The topological polar surface area (TPSA) is 61.8 Å². The maximum absolute atomic E-state index is 15.0. The van der Waals surface area contributed by atoms with Crippen molar-refractivity contribution < 1.29 is 28.2 Å². The van der Waals surface area contributed by atoms with Crippen LogP contribution in [-0.2, 0) is 0 Å². The van der Waals surface area contributed by atoms with Crippen LogP contribution in [0.25, 0.3) is 11.1 Å². The minimum absolute atomic E-state index is 0.0750. The molecule has 0 bridgehead atoms. The molecule has 3 aromatic carbocycles. The van der Waals surface area contributed by atoms with E-state index in [-0.39, 0.29) is 28.2 Å². The fraction of sp³-hybridized carbons (Fsp3) is 0.0833. The maximum atomic E-state index is 15.0. The number of ether oxygens (including phenoxy) is 3. The van der Waals surface area contributed by atoms with Crippen LogP contribution in [0.1, 0.15) is 20.7 Å². The third kappa shape index (κ3) is 3.93. The average molecular weight is 406 g/mol. The predicted molar refractivity (Wildman–Crippen MR) is 111 cm³/mol. The van der Waals surface area contributed by atoms with Gasteiger partial charge in [0, 0.05) is 11.1 Å². The Labute approximate surface area is 173 Å². The van der Waals surface area contributed by atoms with E-state index < -0.39 is 17.6 Å². The van der Waals surface area contributed by atoms with Gasteiger partial charge in [-0.25, -0.2) is 9.18 Å². The summed E-state index contributed by atoms with van der Waals surface area (Å²) in [6.07, 6.45) is 1.03. The Morgan fingerprint density at radius 3 is 2.27 bits per heavy atom. The molecular weight excluding hydrogens is 387 g/mol. The summed E-state index contributed by atoms with van der Waals surface area (Å²) in [5.74, 6) is -1.46. The fourth-order valence-electron chi connectivity index (χ4n) is 3.07. The molecule has 0 spiro atoms. The molecule has 0 amide bonds. The van der Waals surface area contributed by atoms with E-state index in [2.05, 4.69) is 6.58 Å². The molecule has 6 heteroatoms. The van der Waals surface area contributed by atoms with Crippen LogP contribution >= 0.6 is 0 Å². The maximum Gasteiger partial charge on any atom is 0.343 e. The van der Waals surface area contributed by atoms with Gasteiger partial charge in [-0.05, 0) is 36.4 Å². The van der Waals surface area contributed by atoms with E-state index in [1.165, 1.54) is 20.3 Å². The summed E-state index contributed by atoms with van der Waals surface area (Å²) >= 11 is 0. The van der Waals surface area contributed by atoms with Crippen molar-refractivity contribution in [2.45, 2.75) is 0 Å². The molecular formula is C24H19FO5. The molecule has 0 unspecified atom stereocenters. The van der Waals surface area contributed by atoms with Crippen LogP contribution in [0, 0.1) is 5.82 Å². The summed E-state index contributed by atoms with van der Waals surface area (Å²) in [6, 6.07) is 15.5. The second-order valence-electron chi connectivity index (χ2n) is 6.16. The summed E-state index contributed by atoms with van der Waals surface area (Å²) < 4.78 is 31.1. The number of hydrogen-bond acceptors (Lipinski definition) is 5. The summed E-state index contributed by atoms with van der Waals surface area (Å²) in [6.45, 7) is 3.49. The molecule has 0 fully saturated rings. The molecule has 5 nitrogen and oxygen atoms in total. The molecule has 0 saturated carbocycles. The van der Waals surface area contributed by atoms with Gasteiger partial charge >= 0.3 is 5.97 Å². The van der Waals surface area contributed by atoms with Gasteiger partial charge in [0.25, 0.3) is 0 Å². The first-order chi connectivity index (χ1) is 14.5. The Kier molecular flexibility index (Phi) is 6.27. The summed E-state index contributed by atoms with van der Waals surface area (Å²) in [5, 5.41) is 0. The molecule has 3 rings (SSSR count). The number of ketones is 1.